The van der Waals surface area contributed by atoms with Gasteiger partial charge in [-0.15, -0.1) is 0 Å². The van der Waals surface area contributed by atoms with Gasteiger partial charge in [0.25, 0.3) is 10.0 Å². The second-order valence-corrected chi connectivity index (χ2v) is 12.0. The monoisotopic (exact) mass is 618 g/mol. The molecule has 2 heterocycles. The molecule has 2 aliphatic heterocycles. The van der Waals surface area contributed by atoms with E-state index in [4.69, 9.17) is 26.8 Å². The first-order chi connectivity index (χ1) is 20.6. The first-order valence-corrected chi connectivity index (χ1v) is 15.0. The van der Waals surface area contributed by atoms with Crippen LogP contribution in [0.5, 0.6) is 0 Å². The fourth-order valence-corrected chi connectivity index (χ4v) is 7.23. The molecule has 220 valence electrons. The van der Waals surface area contributed by atoms with Crippen molar-refractivity contribution in [2.24, 2.45) is 5.73 Å². The second-order valence-electron chi connectivity index (χ2n) is 9.76. The van der Waals surface area contributed by atoms with Gasteiger partial charge in [-0.3, -0.25) is 9.21 Å². The van der Waals surface area contributed by atoms with E-state index in [1.54, 1.807) is 42.5 Å². The van der Waals surface area contributed by atoms with Crippen molar-refractivity contribution >= 4 is 44.9 Å². The van der Waals surface area contributed by atoms with Crippen molar-refractivity contribution in [3.63, 3.8) is 0 Å². The van der Waals surface area contributed by atoms with Gasteiger partial charge in [0.2, 0.25) is 0 Å². The maximum atomic E-state index is 14.0. The van der Waals surface area contributed by atoms with Crippen molar-refractivity contribution in [2.75, 3.05) is 30.0 Å². The summed E-state index contributed by atoms with van der Waals surface area (Å²) in [6.07, 6.45) is 1.37. The maximum Gasteiger partial charge on any atom is 0.355 e. The molecule has 1 unspecified atom stereocenters. The van der Waals surface area contributed by atoms with Crippen LogP contribution in [0, 0.1) is 11.3 Å². The van der Waals surface area contributed by atoms with Gasteiger partial charge < -0.3 is 15.2 Å². The van der Waals surface area contributed by atoms with Crippen LogP contribution in [0.4, 0.5) is 11.4 Å². The second kappa shape index (κ2) is 11.8. The Hall–Kier alpha value is -4.79. The number of aryl methyl sites for hydroxylation is 1. The zero-order chi connectivity index (χ0) is 30.9. The van der Waals surface area contributed by atoms with E-state index in [0.29, 0.717) is 17.7 Å². The number of nitrogens with zero attached hydrogens (tertiary/aromatic N) is 3. The van der Waals surface area contributed by atoms with E-state index in [0.717, 1.165) is 31.1 Å². The number of fused-ring (bicyclic) bond motifs is 1. The Morgan fingerprint density at radius 1 is 0.977 bits per heavy atom. The molecule has 0 bridgehead atoms. The number of sulfonamides is 1. The Kier molecular flexibility index (Phi) is 8.17. The third-order valence-electron chi connectivity index (χ3n) is 7.42. The quantitative estimate of drug-likeness (QED) is 0.398. The lowest BCUT2D eigenvalue weighted by atomic mass is 9.81. The highest BCUT2D eigenvalue weighted by molar-refractivity contribution is 7.92. The van der Waals surface area contributed by atoms with Crippen LogP contribution in [-0.4, -0.2) is 41.1 Å². The van der Waals surface area contributed by atoms with Crippen molar-refractivity contribution in [2.45, 2.75) is 23.7 Å². The Labute approximate surface area is 254 Å². The third-order valence-corrected chi connectivity index (χ3v) is 9.55. The maximum absolute atomic E-state index is 14.0. The minimum atomic E-state index is -4.12. The number of nitriles is 1. The molecule has 10 nitrogen and oxygen atoms in total. The number of carbonyl (C=O) groups excluding carboxylic acids is 2. The summed E-state index contributed by atoms with van der Waals surface area (Å²) >= 11 is 6.63. The van der Waals surface area contributed by atoms with Crippen molar-refractivity contribution < 1.29 is 27.5 Å². The van der Waals surface area contributed by atoms with Gasteiger partial charge in [0.1, 0.15) is 11.5 Å². The minimum absolute atomic E-state index is 0.00186. The molecule has 3 aromatic carbocycles. The highest BCUT2D eigenvalue weighted by Gasteiger charge is 2.44. The largest absolute Gasteiger partial charge is 0.466 e. The summed E-state index contributed by atoms with van der Waals surface area (Å²) in [5.74, 6) is -3.21. The van der Waals surface area contributed by atoms with Crippen molar-refractivity contribution in [3.05, 3.63) is 112 Å². The lowest BCUT2D eigenvalue weighted by molar-refractivity contribution is -0.139. The number of carbonyl (C=O) groups is 2. The molecular formula is C31H27ClN4O6S. The van der Waals surface area contributed by atoms with Gasteiger partial charge in [0.05, 0.1) is 58.6 Å². The van der Waals surface area contributed by atoms with E-state index < -0.39 is 27.9 Å². The molecule has 0 saturated heterocycles. The van der Waals surface area contributed by atoms with Crippen LogP contribution in [0.15, 0.2) is 100 Å². The topological polar surface area (TPSA) is 143 Å². The highest BCUT2D eigenvalue weighted by Crippen LogP contribution is 2.45. The summed E-state index contributed by atoms with van der Waals surface area (Å²) in [5.41, 5.74) is 7.85. The average molecular weight is 619 g/mol. The van der Waals surface area contributed by atoms with Crippen molar-refractivity contribution in [1.82, 2.24) is 0 Å². The first-order valence-electron chi connectivity index (χ1n) is 13.2. The fourth-order valence-electron chi connectivity index (χ4n) is 5.46. The van der Waals surface area contributed by atoms with Gasteiger partial charge in [-0.25, -0.2) is 18.0 Å². The number of methoxy groups -OCH3 is 2. The Balaban J connectivity index is 1.75. The lowest BCUT2D eigenvalue weighted by Crippen LogP contribution is -2.41. The van der Waals surface area contributed by atoms with Gasteiger partial charge in [0.15, 0.2) is 0 Å². The van der Waals surface area contributed by atoms with Gasteiger partial charge in [-0.2, -0.15) is 5.26 Å². The number of hydrogen-bond donors (Lipinski definition) is 1. The highest BCUT2D eigenvalue weighted by atomic mass is 35.5. The molecule has 43 heavy (non-hydrogen) atoms. The SMILES string of the molecule is COC(=O)C1=C(C(=O)OC)N(c2cc(S(=O)(=O)N3CCCc4ccccc43)ccc2Cl)C(N)=C(C#N)C1c1ccccc1. The summed E-state index contributed by atoms with van der Waals surface area (Å²) in [6.45, 7) is 0.264. The molecule has 12 heteroatoms. The Morgan fingerprint density at radius 2 is 1.65 bits per heavy atom. The van der Waals surface area contributed by atoms with E-state index >= 15 is 0 Å². The molecular weight excluding hydrogens is 592 g/mol. The summed E-state index contributed by atoms with van der Waals surface area (Å²) in [6, 6.07) is 21.8. The number of benzene rings is 3. The molecule has 2 aliphatic rings. The summed E-state index contributed by atoms with van der Waals surface area (Å²) in [5, 5.41) is 10.3. The van der Waals surface area contributed by atoms with Crippen LogP contribution >= 0.6 is 11.6 Å². The van der Waals surface area contributed by atoms with Crippen molar-refractivity contribution in [1.29, 1.82) is 5.26 Å². The van der Waals surface area contributed by atoms with Crippen LogP contribution in [0.3, 0.4) is 0 Å². The third kappa shape index (κ3) is 5.09. The number of rotatable bonds is 6. The summed E-state index contributed by atoms with van der Waals surface area (Å²) in [4.78, 5) is 27.7. The van der Waals surface area contributed by atoms with Gasteiger partial charge in [0, 0.05) is 6.54 Å². The van der Waals surface area contributed by atoms with Gasteiger partial charge in [-0.1, -0.05) is 60.1 Å². The molecule has 0 fully saturated rings. The zero-order valence-corrected chi connectivity index (χ0v) is 24.9. The van der Waals surface area contributed by atoms with E-state index in [2.05, 4.69) is 6.07 Å². The van der Waals surface area contributed by atoms with Crippen molar-refractivity contribution in [3.8, 4) is 6.07 Å². The van der Waals surface area contributed by atoms with Crippen LogP contribution in [-0.2, 0) is 35.5 Å². The standard InChI is InChI=1S/C31H27ClN4O6S/c1-41-30(37)27-26(20-10-4-3-5-11-20)22(18-33)29(34)36(28(27)31(38)42-2)25-17-21(14-15-23(25)32)43(39,40)35-16-8-12-19-9-6-7-13-24(19)35/h3-7,9-11,13-15,17,26H,8,12,16,34H2,1-2H3. The number of nitrogens with two attached hydrogens (primary N) is 1. The summed E-state index contributed by atoms with van der Waals surface area (Å²) in [7, 11) is -1.86. The van der Waals surface area contributed by atoms with Crippen LogP contribution in [0.1, 0.15) is 23.5 Å². The van der Waals surface area contributed by atoms with Crippen LogP contribution in [0.2, 0.25) is 5.02 Å². The molecule has 5 rings (SSSR count). The predicted molar refractivity (Wildman–Crippen MR) is 160 cm³/mol. The molecule has 0 aromatic heterocycles. The molecule has 0 aliphatic carbocycles. The first kappa shape index (κ1) is 29.7. The molecule has 3 aromatic rings. The van der Waals surface area contributed by atoms with Crippen LogP contribution in [0.25, 0.3) is 0 Å². The number of hydrogen-bond acceptors (Lipinski definition) is 9. The molecule has 2 N–H and O–H groups in total. The van der Waals surface area contributed by atoms with Gasteiger partial charge >= 0.3 is 11.9 Å². The smallest absolute Gasteiger partial charge is 0.355 e. The summed E-state index contributed by atoms with van der Waals surface area (Å²) < 4.78 is 39.5. The molecule has 0 spiro atoms. The number of para-hydroxylation sites is 1. The lowest BCUT2D eigenvalue weighted by Gasteiger charge is -2.36. The number of ether oxygens (including phenoxy) is 2. The van der Waals surface area contributed by atoms with Gasteiger partial charge in [-0.05, 0) is 48.2 Å². The number of allylic oxidation sites excluding steroid dienone is 1. The minimum Gasteiger partial charge on any atom is -0.466 e. The van der Waals surface area contributed by atoms with E-state index in [9.17, 15) is 23.3 Å². The Morgan fingerprint density at radius 3 is 2.33 bits per heavy atom. The number of halogens is 1. The fraction of sp³-hybridized carbons (Fsp3) is 0.194. The molecule has 1 atom stereocenters. The molecule has 0 radical (unpaired) electrons. The van der Waals surface area contributed by atoms with E-state index in [-0.39, 0.29) is 44.8 Å². The predicted octanol–water partition coefficient (Wildman–Crippen LogP) is 4.38. The average Bonchev–Trinajstić information content (AvgIpc) is 3.03. The molecule has 0 amide bonds. The van der Waals surface area contributed by atoms with Crippen LogP contribution < -0.4 is 14.9 Å². The van der Waals surface area contributed by atoms with E-state index in [1.807, 2.05) is 12.1 Å². The number of esters is 2. The Bertz CT molecular complexity index is 1830. The normalized spacial score (nSPS) is 16.8. The van der Waals surface area contributed by atoms with E-state index in [1.165, 1.54) is 22.5 Å². The zero-order valence-electron chi connectivity index (χ0n) is 23.3. The molecule has 0 saturated carbocycles. The number of anilines is 2.